The number of aliphatic hydroxyl groups is 1. The number of rotatable bonds is 6. The van der Waals surface area contributed by atoms with Crippen molar-refractivity contribution in [2.24, 2.45) is 0 Å². The van der Waals surface area contributed by atoms with Gasteiger partial charge in [-0.1, -0.05) is 30.3 Å². The summed E-state index contributed by atoms with van der Waals surface area (Å²) in [5.74, 6) is 0.700. The highest BCUT2D eigenvalue weighted by Crippen LogP contribution is 2.28. The lowest BCUT2D eigenvalue weighted by molar-refractivity contribution is 0.0194. The van der Waals surface area contributed by atoms with Gasteiger partial charge in [0.05, 0.1) is 13.2 Å². The molecule has 0 atom stereocenters. The molecule has 2 aromatic rings. The lowest BCUT2D eigenvalue weighted by Gasteiger charge is -2.23. The van der Waals surface area contributed by atoms with Crippen molar-refractivity contribution < 1.29 is 24.1 Å². The molecule has 1 saturated carbocycles. The van der Waals surface area contributed by atoms with Gasteiger partial charge in [-0.05, 0) is 56.2 Å². The van der Waals surface area contributed by atoms with Gasteiger partial charge in [-0.15, -0.1) is 0 Å². The van der Waals surface area contributed by atoms with Gasteiger partial charge in [-0.25, -0.2) is 4.79 Å². The highest BCUT2D eigenvalue weighted by molar-refractivity contribution is 5.93. The second kappa shape index (κ2) is 10.1. The third-order valence-corrected chi connectivity index (χ3v) is 5.05. The number of hydrogen-bond acceptors (Lipinski definition) is 5. The van der Waals surface area contributed by atoms with Gasteiger partial charge < -0.3 is 19.3 Å². The minimum Gasteiger partial charge on any atom is -0.497 e. The molecule has 28 heavy (non-hydrogen) atoms. The Labute approximate surface area is 166 Å². The molecule has 2 aromatic carbocycles. The SMILES string of the molecule is COc1ccc(C(=O)OC2CCCC(O)CCC2)c(OCc2ccccc2)c1. The van der Waals surface area contributed by atoms with Crippen LogP contribution in [0.4, 0.5) is 0 Å². The van der Waals surface area contributed by atoms with Crippen molar-refractivity contribution in [1.29, 1.82) is 0 Å². The summed E-state index contributed by atoms with van der Waals surface area (Å²) in [4.78, 5) is 12.8. The maximum absolute atomic E-state index is 12.8. The van der Waals surface area contributed by atoms with Crippen LogP contribution in [0.15, 0.2) is 48.5 Å². The van der Waals surface area contributed by atoms with Crippen LogP contribution in [-0.2, 0) is 11.3 Å². The zero-order valence-electron chi connectivity index (χ0n) is 16.3. The van der Waals surface area contributed by atoms with E-state index in [4.69, 9.17) is 14.2 Å². The Balaban J connectivity index is 1.69. The molecule has 1 N–H and O–H groups in total. The fourth-order valence-electron chi connectivity index (χ4n) is 3.44. The summed E-state index contributed by atoms with van der Waals surface area (Å²) in [6, 6.07) is 14.9. The molecule has 1 fully saturated rings. The predicted molar refractivity (Wildman–Crippen MR) is 107 cm³/mol. The molecule has 0 bridgehead atoms. The van der Waals surface area contributed by atoms with Crippen LogP contribution in [0.1, 0.15) is 54.4 Å². The zero-order chi connectivity index (χ0) is 19.8. The minimum atomic E-state index is -0.378. The Kier molecular flexibility index (Phi) is 7.31. The van der Waals surface area contributed by atoms with Crippen molar-refractivity contribution in [2.45, 2.75) is 57.3 Å². The van der Waals surface area contributed by atoms with E-state index in [9.17, 15) is 9.90 Å². The third-order valence-electron chi connectivity index (χ3n) is 5.05. The van der Waals surface area contributed by atoms with Gasteiger partial charge in [-0.3, -0.25) is 0 Å². The highest BCUT2D eigenvalue weighted by Gasteiger charge is 2.22. The van der Waals surface area contributed by atoms with Crippen LogP contribution >= 0.6 is 0 Å². The van der Waals surface area contributed by atoms with Crippen molar-refractivity contribution in [1.82, 2.24) is 0 Å². The van der Waals surface area contributed by atoms with Gasteiger partial charge in [-0.2, -0.15) is 0 Å². The van der Waals surface area contributed by atoms with Crippen molar-refractivity contribution in [3.8, 4) is 11.5 Å². The Morgan fingerprint density at radius 3 is 2.43 bits per heavy atom. The van der Waals surface area contributed by atoms with Crippen LogP contribution in [0.3, 0.4) is 0 Å². The number of benzene rings is 2. The molecule has 1 aliphatic rings. The molecular weight excluding hydrogens is 356 g/mol. The lowest BCUT2D eigenvalue weighted by atomic mass is 9.96. The molecule has 5 heteroatoms. The van der Waals surface area contributed by atoms with E-state index in [0.717, 1.165) is 44.1 Å². The number of hydrogen-bond donors (Lipinski definition) is 1. The third kappa shape index (κ3) is 5.73. The normalized spacial score (nSPS) is 19.9. The van der Waals surface area contributed by atoms with Gasteiger partial charge in [0, 0.05) is 6.07 Å². The molecule has 150 valence electrons. The van der Waals surface area contributed by atoms with Gasteiger partial charge in [0.25, 0.3) is 0 Å². The van der Waals surface area contributed by atoms with E-state index in [-0.39, 0.29) is 18.2 Å². The van der Waals surface area contributed by atoms with Gasteiger partial charge in [0.2, 0.25) is 0 Å². The van der Waals surface area contributed by atoms with Crippen LogP contribution < -0.4 is 9.47 Å². The molecule has 1 aliphatic carbocycles. The second-order valence-electron chi connectivity index (χ2n) is 7.18. The van der Waals surface area contributed by atoms with E-state index in [0.29, 0.717) is 23.7 Å². The molecule has 0 saturated heterocycles. The smallest absolute Gasteiger partial charge is 0.342 e. The molecule has 0 unspecified atom stereocenters. The fourth-order valence-corrected chi connectivity index (χ4v) is 3.44. The van der Waals surface area contributed by atoms with Gasteiger partial charge >= 0.3 is 5.97 Å². The number of methoxy groups -OCH3 is 1. The van der Waals surface area contributed by atoms with Crippen LogP contribution in [0, 0.1) is 0 Å². The van der Waals surface area contributed by atoms with Gasteiger partial charge in [0.1, 0.15) is 29.8 Å². The number of carbonyl (C=O) groups excluding carboxylic acids is 1. The molecule has 0 amide bonds. The molecule has 0 heterocycles. The maximum atomic E-state index is 12.8. The number of esters is 1. The quantitative estimate of drug-likeness (QED) is 0.742. The van der Waals surface area contributed by atoms with E-state index in [1.165, 1.54) is 0 Å². The van der Waals surface area contributed by atoms with E-state index in [1.54, 1.807) is 25.3 Å². The topological polar surface area (TPSA) is 65.0 Å². The Hall–Kier alpha value is -2.53. The first-order chi connectivity index (χ1) is 13.7. The summed E-state index contributed by atoms with van der Waals surface area (Å²) in [6.07, 6.45) is 4.46. The van der Waals surface area contributed by atoms with E-state index in [1.807, 2.05) is 30.3 Å². The average molecular weight is 384 g/mol. The van der Waals surface area contributed by atoms with Crippen molar-refractivity contribution >= 4 is 5.97 Å². The number of ether oxygens (including phenoxy) is 3. The van der Waals surface area contributed by atoms with Crippen LogP contribution in [0.2, 0.25) is 0 Å². The average Bonchev–Trinajstić information content (AvgIpc) is 2.71. The first-order valence-electron chi connectivity index (χ1n) is 9.89. The summed E-state index contributed by atoms with van der Waals surface area (Å²) < 4.78 is 17.0. The summed E-state index contributed by atoms with van der Waals surface area (Å²) in [6.45, 7) is 0.357. The highest BCUT2D eigenvalue weighted by atomic mass is 16.5. The van der Waals surface area contributed by atoms with E-state index >= 15 is 0 Å². The standard InChI is InChI=1S/C23H28O5/c1-26-20-13-14-21(22(15-20)27-16-17-7-3-2-4-8-17)23(25)28-19-11-5-9-18(24)10-6-12-19/h2-4,7-8,13-15,18-19,24H,5-6,9-12,16H2,1H3. The lowest BCUT2D eigenvalue weighted by Crippen LogP contribution is -2.22. The molecule has 3 rings (SSSR count). The molecular formula is C23H28O5. The van der Waals surface area contributed by atoms with Crippen molar-refractivity contribution in [3.63, 3.8) is 0 Å². The Morgan fingerprint density at radius 1 is 1.04 bits per heavy atom. The summed E-state index contributed by atoms with van der Waals surface area (Å²) >= 11 is 0. The van der Waals surface area contributed by atoms with Crippen molar-refractivity contribution in [2.75, 3.05) is 7.11 Å². The summed E-state index contributed by atoms with van der Waals surface area (Å²) in [5, 5.41) is 9.76. The largest absolute Gasteiger partial charge is 0.497 e. The van der Waals surface area contributed by atoms with E-state index < -0.39 is 0 Å². The number of carbonyl (C=O) groups is 1. The molecule has 0 spiro atoms. The summed E-state index contributed by atoms with van der Waals surface area (Å²) in [5.41, 5.74) is 1.42. The van der Waals surface area contributed by atoms with Gasteiger partial charge in [0.15, 0.2) is 0 Å². The van der Waals surface area contributed by atoms with Crippen molar-refractivity contribution in [3.05, 3.63) is 59.7 Å². The molecule has 0 radical (unpaired) electrons. The molecule has 0 aliphatic heterocycles. The first-order valence-corrected chi connectivity index (χ1v) is 9.89. The second-order valence-corrected chi connectivity index (χ2v) is 7.18. The monoisotopic (exact) mass is 384 g/mol. The maximum Gasteiger partial charge on any atom is 0.342 e. The Bertz CT molecular complexity index is 749. The fraction of sp³-hybridized carbons (Fsp3) is 0.435. The predicted octanol–water partition coefficient (Wildman–Crippen LogP) is 4.51. The van der Waals surface area contributed by atoms with Crippen LogP contribution in [-0.4, -0.2) is 30.4 Å². The zero-order valence-corrected chi connectivity index (χ0v) is 16.3. The first kappa shape index (κ1) is 20.2. The van der Waals surface area contributed by atoms with Crippen LogP contribution in [0.25, 0.3) is 0 Å². The number of aliphatic hydroxyl groups excluding tert-OH is 1. The van der Waals surface area contributed by atoms with E-state index in [2.05, 4.69) is 0 Å². The minimum absolute atomic E-state index is 0.121. The molecule has 0 aromatic heterocycles. The summed E-state index contributed by atoms with van der Waals surface area (Å²) in [7, 11) is 1.58. The Morgan fingerprint density at radius 2 is 1.75 bits per heavy atom. The van der Waals surface area contributed by atoms with Crippen LogP contribution in [0.5, 0.6) is 11.5 Å². The molecule has 5 nitrogen and oxygen atoms in total.